The number of hydrogen-bond acceptors (Lipinski definition) is 4. The molecule has 0 saturated carbocycles. The van der Waals surface area contributed by atoms with E-state index < -0.39 is 37.1 Å². The Kier molecular flexibility index (Phi) is 6.68. The van der Waals surface area contributed by atoms with E-state index in [1.165, 1.54) is 7.11 Å². The third-order valence-corrected chi connectivity index (χ3v) is 8.32. The third kappa shape index (κ3) is 4.55. The van der Waals surface area contributed by atoms with Crippen LogP contribution in [0.25, 0.3) is 10.9 Å². The van der Waals surface area contributed by atoms with Gasteiger partial charge in [-0.1, -0.05) is 28.8 Å². The zero-order valence-electron chi connectivity index (χ0n) is 19.0. The summed E-state index contributed by atoms with van der Waals surface area (Å²) < 4.78 is 48.4. The minimum atomic E-state index is -3.83. The van der Waals surface area contributed by atoms with E-state index in [1.54, 1.807) is 30.3 Å². The summed E-state index contributed by atoms with van der Waals surface area (Å²) >= 11 is 6.21. The number of aryl methyl sites for hydroxylation is 2. The predicted molar refractivity (Wildman–Crippen MR) is 128 cm³/mol. The van der Waals surface area contributed by atoms with Crippen molar-refractivity contribution in [1.29, 1.82) is 0 Å². The number of aromatic nitrogens is 2. The van der Waals surface area contributed by atoms with Gasteiger partial charge in [0.1, 0.15) is 17.1 Å². The monoisotopic (exact) mass is 520 g/mol. The molecule has 11 heteroatoms. The van der Waals surface area contributed by atoms with E-state index in [9.17, 15) is 23.3 Å². The first kappa shape index (κ1) is 24.9. The average Bonchev–Trinajstić information content (AvgIpc) is 3.19. The lowest BCUT2D eigenvalue weighted by molar-refractivity contribution is -0.924. The van der Waals surface area contributed by atoms with E-state index in [0.717, 1.165) is 23.4 Å². The van der Waals surface area contributed by atoms with Gasteiger partial charge in [0.15, 0.2) is 0 Å². The molecule has 7 nitrogen and oxygen atoms in total. The van der Waals surface area contributed by atoms with Gasteiger partial charge in [-0.15, -0.1) is 4.39 Å². The zero-order chi connectivity index (χ0) is 25.5. The first-order valence-electron chi connectivity index (χ1n) is 10.5. The minimum absolute atomic E-state index is 0.0891. The lowest BCUT2D eigenvalue weighted by Gasteiger charge is -2.19. The number of hydrogen-bond donors (Lipinski definition) is 3. The minimum Gasteiger partial charge on any atom is -0.350 e. The number of nitrogens with one attached hydrogen (secondary N) is 2. The number of pyridine rings is 1. The zero-order valence-corrected chi connectivity index (χ0v) is 20.7. The molecule has 0 spiro atoms. The molecule has 4 rings (SSSR count). The summed E-state index contributed by atoms with van der Waals surface area (Å²) in [5, 5.41) is 13.1. The van der Waals surface area contributed by atoms with Crippen LogP contribution in [0.3, 0.4) is 0 Å². The number of halogens is 3. The number of carbonyl (C=O) groups excluding carboxylic acids is 1. The van der Waals surface area contributed by atoms with Gasteiger partial charge in [0.2, 0.25) is 6.20 Å². The molecule has 1 unspecified atom stereocenters. The van der Waals surface area contributed by atoms with Gasteiger partial charge >= 0.3 is 5.95 Å². The number of aromatic amines is 1. The number of benzene rings is 2. The van der Waals surface area contributed by atoms with Gasteiger partial charge in [0.25, 0.3) is 13.3 Å². The fourth-order valence-corrected chi connectivity index (χ4v) is 6.54. The highest BCUT2D eigenvalue weighted by atomic mass is 35.5. The van der Waals surface area contributed by atoms with Crippen molar-refractivity contribution in [3.05, 3.63) is 87.8 Å². The third-order valence-electron chi connectivity index (χ3n) is 5.58. The molecule has 0 bridgehead atoms. The summed E-state index contributed by atoms with van der Waals surface area (Å²) in [5.41, 5.74) is 1.54. The summed E-state index contributed by atoms with van der Waals surface area (Å²) in [4.78, 5) is 16.2. The normalized spacial score (nSPS) is 13.1. The van der Waals surface area contributed by atoms with Crippen molar-refractivity contribution >= 4 is 46.4 Å². The highest BCUT2D eigenvalue weighted by molar-refractivity contribution is 7.75. The molecular formula is C24H22ClF2N3O4P+. The van der Waals surface area contributed by atoms with Crippen molar-refractivity contribution in [3.63, 3.8) is 0 Å². The standard InChI is InChI=1S/C24H21ClF2N3O4P/c1-13-8-14(2)10-16(9-13)35(33,34-3)22-17-11-15(25)4-5-20(17)29-21(22)24(31)28-12-18-19(26)6-7-30(32)23(18)27/h4-11H,12H2,1-3H3,(H2-,28,29,31,32,33)/p+1. The highest BCUT2D eigenvalue weighted by Gasteiger charge is 2.36. The smallest absolute Gasteiger partial charge is 0.350 e. The molecule has 0 radical (unpaired) electrons. The van der Waals surface area contributed by atoms with E-state index in [2.05, 4.69) is 10.3 Å². The van der Waals surface area contributed by atoms with E-state index in [4.69, 9.17) is 16.1 Å². The second kappa shape index (κ2) is 9.41. The first-order chi connectivity index (χ1) is 16.5. The van der Waals surface area contributed by atoms with Crippen molar-refractivity contribution < 1.29 is 32.6 Å². The molecule has 1 atom stereocenters. The Labute approximate surface area is 204 Å². The van der Waals surface area contributed by atoms with Crippen molar-refractivity contribution in [2.75, 3.05) is 7.11 Å². The Hall–Kier alpha value is -3.26. The molecule has 0 aliphatic carbocycles. The van der Waals surface area contributed by atoms with Crippen molar-refractivity contribution in [3.8, 4) is 0 Å². The lowest BCUT2D eigenvalue weighted by atomic mass is 10.2. The van der Waals surface area contributed by atoms with Gasteiger partial charge < -0.3 is 14.8 Å². The van der Waals surface area contributed by atoms with Crippen LogP contribution in [0.15, 0.2) is 48.7 Å². The lowest BCUT2D eigenvalue weighted by Crippen LogP contribution is -2.38. The molecule has 35 heavy (non-hydrogen) atoms. The van der Waals surface area contributed by atoms with Crippen LogP contribution >= 0.6 is 19.0 Å². The molecule has 2 aromatic heterocycles. The van der Waals surface area contributed by atoms with E-state index >= 15 is 0 Å². The molecule has 182 valence electrons. The van der Waals surface area contributed by atoms with Crippen LogP contribution in [0, 0.1) is 25.6 Å². The number of nitrogens with zero attached hydrogens (tertiary/aromatic N) is 1. The van der Waals surface area contributed by atoms with Crippen molar-refractivity contribution in [1.82, 2.24) is 10.3 Å². The van der Waals surface area contributed by atoms with Gasteiger partial charge in [-0.3, -0.25) is 14.6 Å². The fourth-order valence-electron chi connectivity index (χ4n) is 4.02. The number of amides is 1. The van der Waals surface area contributed by atoms with E-state index in [-0.39, 0.29) is 15.7 Å². The molecule has 2 heterocycles. The number of carbonyl (C=O) groups is 1. The summed E-state index contributed by atoms with van der Waals surface area (Å²) in [6.45, 7) is 3.13. The molecule has 3 N–H and O–H groups in total. The fraction of sp³-hybridized carbons (Fsp3) is 0.167. The second-order valence-corrected chi connectivity index (χ2v) is 10.9. The maximum Gasteiger partial charge on any atom is 0.416 e. The van der Waals surface area contributed by atoms with E-state index in [1.807, 2.05) is 19.9 Å². The number of H-pyrrole nitrogens is 1. The maximum absolute atomic E-state index is 14.4. The quantitative estimate of drug-likeness (QED) is 0.155. The predicted octanol–water partition coefficient (Wildman–Crippen LogP) is 4.05. The van der Waals surface area contributed by atoms with Gasteiger partial charge in [-0.25, -0.2) is 4.39 Å². The maximum atomic E-state index is 14.4. The molecule has 4 aromatic rings. The summed E-state index contributed by atoms with van der Waals surface area (Å²) in [7, 11) is -2.54. The Morgan fingerprint density at radius 1 is 1.17 bits per heavy atom. The van der Waals surface area contributed by atoms with Crippen LogP contribution in [0.4, 0.5) is 8.78 Å². The summed E-state index contributed by atoms with van der Waals surface area (Å²) in [5.74, 6) is -2.98. The SMILES string of the molecule is COP(=O)(c1cc(C)cc(C)c1)c1c(C(=O)NCc2c(F)cc[n+](O)c2F)[nH]c2ccc(Cl)cc12. The molecule has 0 saturated heterocycles. The molecule has 2 aromatic carbocycles. The summed E-state index contributed by atoms with van der Waals surface area (Å²) in [6, 6.07) is 11.0. The van der Waals surface area contributed by atoms with E-state index in [0.29, 0.717) is 21.2 Å². The van der Waals surface area contributed by atoms with Gasteiger partial charge in [0, 0.05) is 39.1 Å². The average molecular weight is 521 g/mol. The van der Waals surface area contributed by atoms with Gasteiger partial charge in [-0.2, -0.15) is 0 Å². The highest BCUT2D eigenvalue weighted by Crippen LogP contribution is 2.47. The molecular weight excluding hydrogens is 499 g/mol. The van der Waals surface area contributed by atoms with Crippen LogP contribution in [0.1, 0.15) is 27.2 Å². The molecule has 0 fully saturated rings. The van der Waals surface area contributed by atoms with Crippen molar-refractivity contribution in [2.45, 2.75) is 20.4 Å². The Morgan fingerprint density at radius 3 is 2.51 bits per heavy atom. The largest absolute Gasteiger partial charge is 0.416 e. The van der Waals surface area contributed by atoms with Crippen LogP contribution in [-0.2, 0) is 15.6 Å². The Bertz CT molecular complexity index is 1500. The van der Waals surface area contributed by atoms with Crippen LogP contribution < -0.4 is 20.7 Å². The van der Waals surface area contributed by atoms with Crippen LogP contribution in [0.2, 0.25) is 5.02 Å². The van der Waals surface area contributed by atoms with Crippen LogP contribution in [-0.4, -0.2) is 23.2 Å². The molecule has 0 aliphatic rings. The molecule has 1 amide bonds. The van der Waals surface area contributed by atoms with Crippen LogP contribution in [0.5, 0.6) is 0 Å². The molecule has 0 aliphatic heterocycles. The number of rotatable bonds is 6. The van der Waals surface area contributed by atoms with Crippen molar-refractivity contribution in [2.24, 2.45) is 0 Å². The van der Waals surface area contributed by atoms with Gasteiger partial charge in [-0.05, 0) is 44.2 Å². The van der Waals surface area contributed by atoms with Gasteiger partial charge in [0.05, 0.1) is 11.8 Å². The Morgan fingerprint density at radius 2 is 1.86 bits per heavy atom. The second-order valence-electron chi connectivity index (χ2n) is 8.08. The Balaban J connectivity index is 1.86. The summed E-state index contributed by atoms with van der Waals surface area (Å²) in [6.07, 6.45) is 0.800. The first-order valence-corrected chi connectivity index (χ1v) is 12.5. The topological polar surface area (TPSA) is 95.3 Å². The number of fused-ring (bicyclic) bond motifs is 1.